The number of furan rings is 1. The molecule has 0 radical (unpaired) electrons. The molecule has 5 nitrogen and oxygen atoms in total. The van der Waals surface area contributed by atoms with E-state index < -0.39 is 17.3 Å². The third kappa shape index (κ3) is 2.77. The minimum Gasteiger partial charge on any atom is -0.451 e. The van der Waals surface area contributed by atoms with E-state index in [0.29, 0.717) is 23.0 Å². The molecule has 1 amide bonds. The first-order chi connectivity index (χ1) is 9.96. The number of carbonyl (C=O) groups is 1. The molecule has 0 unspecified atom stereocenters. The highest BCUT2D eigenvalue weighted by atomic mass is 19.1. The van der Waals surface area contributed by atoms with Crippen molar-refractivity contribution in [3.05, 3.63) is 35.3 Å². The van der Waals surface area contributed by atoms with Gasteiger partial charge in [0.2, 0.25) is 0 Å². The quantitative estimate of drug-likeness (QED) is 0.784. The molecule has 0 bridgehead atoms. The van der Waals surface area contributed by atoms with Gasteiger partial charge in [-0.1, -0.05) is 6.92 Å². The van der Waals surface area contributed by atoms with E-state index >= 15 is 0 Å². The van der Waals surface area contributed by atoms with Gasteiger partial charge in [-0.2, -0.15) is 0 Å². The van der Waals surface area contributed by atoms with Crippen LogP contribution in [0.1, 0.15) is 29.5 Å². The molecule has 0 aliphatic heterocycles. The first-order valence-corrected chi connectivity index (χ1v) is 6.69. The average molecular weight is 295 g/mol. The molecule has 0 atom stereocenters. The number of aryl methyl sites for hydroxylation is 1. The molecule has 0 fully saturated rings. The summed E-state index contributed by atoms with van der Waals surface area (Å²) < 4.78 is 18.7. The normalized spacial score (nSPS) is 11.9. The molecule has 0 aliphatic carbocycles. The monoisotopic (exact) mass is 295 g/mol. The zero-order valence-electron chi connectivity index (χ0n) is 11.9. The van der Waals surface area contributed by atoms with E-state index in [1.54, 1.807) is 13.8 Å². The highest BCUT2D eigenvalue weighted by molar-refractivity contribution is 5.99. The largest absolute Gasteiger partial charge is 0.451 e. The highest BCUT2D eigenvalue weighted by Crippen LogP contribution is 2.26. The van der Waals surface area contributed by atoms with Crippen LogP contribution in [-0.2, 0) is 0 Å². The van der Waals surface area contributed by atoms with Gasteiger partial charge >= 0.3 is 0 Å². The molecule has 0 saturated carbocycles. The first kappa shape index (κ1) is 15.5. The molecule has 1 heterocycles. The van der Waals surface area contributed by atoms with Crippen LogP contribution in [0, 0.1) is 12.7 Å². The van der Waals surface area contributed by atoms with E-state index in [9.17, 15) is 19.4 Å². The maximum absolute atomic E-state index is 13.3. The number of fused-ring (bicyclic) bond motifs is 1. The van der Waals surface area contributed by atoms with Crippen molar-refractivity contribution in [3.63, 3.8) is 0 Å². The Morgan fingerprint density at radius 1 is 1.38 bits per heavy atom. The van der Waals surface area contributed by atoms with Gasteiger partial charge in [-0.05, 0) is 31.5 Å². The minimum atomic E-state index is -1.10. The predicted octanol–water partition coefficient (Wildman–Crippen LogP) is 1.74. The van der Waals surface area contributed by atoms with E-state index in [1.165, 1.54) is 18.2 Å². The molecule has 0 saturated heterocycles. The van der Waals surface area contributed by atoms with Gasteiger partial charge in [-0.15, -0.1) is 0 Å². The molecule has 0 spiro atoms. The Kier molecular flexibility index (Phi) is 4.29. The van der Waals surface area contributed by atoms with Crippen molar-refractivity contribution >= 4 is 16.9 Å². The van der Waals surface area contributed by atoms with Crippen LogP contribution in [0.5, 0.6) is 0 Å². The summed E-state index contributed by atoms with van der Waals surface area (Å²) in [7, 11) is 0. The molecular weight excluding hydrogens is 277 g/mol. The maximum atomic E-state index is 13.3. The fourth-order valence-corrected chi connectivity index (χ4v) is 2.15. The molecule has 114 valence electrons. The van der Waals surface area contributed by atoms with Gasteiger partial charge in [-0.3, -0.25) is 4.79 Å². The smallest absolute Gasteiger partial charge is 0.287 e. The second-order valence-corrected chi connectivity index (χ2v) is 5.10. The van der Waals surface area contributed by atoms with Gasteiger partial charge in [0.1, 0.15) is 11.4 Å². The van der Waals surface area contributed by atoms with Crippen molar-refractivity contribution in [2.24, 2.45) is 0 Å². The molecular formula is C15H18FNO4. The number of carbonyl (C=O) groups excluding carboxylic acids is 1. The molecule has 21 heavy (non-hydrogen) atoms. The summed E-state index contributed by atoms with van der Waals surface area (Å²) >= 11 is 0. The van der Waals surface area contributed by atoms with Crippen molar-refractivity contribution in [1.29, 1.82) is 0 Å². The zero-order valence-corrected chi connectivity index (χ0v) is 11.9. The first-order valence-electron chi connectivity index (χ1n) is 6.69. The Bertz CT molecular complexity index is 653. The minimum absolute atomic E-state index is 0.0512. The molecule has 1 aromatic heterocycles. The number of aliphatic hydroxyl groups excluding tert-OH is 2. The summed E-state index contributed by atoms with van der Waals surface area (Å²) in [6.45, 7) is 2.62. The molecule has 2 aromatic rings. The molecule has 6 heteroatoms. The number of aliphatic hydroxyl groups is 2. The van der Waals surface area contributed by atoms with E-state index in [1.807, 2.05) is 0 Å². The van der Waals surface area contributed by atoms with Gasteiger partial charge in [-0.25, -0.2) is 4.39 Å². The SMILES string of the molecule is CCC(CO)(CO)NC(=O)c1oc2ccc(F)cc2c1C. The van der Waals surface area contributed by atoms with Gasteiger partial charge in [0, 0.05) is 10.9 Å². The van der Waals surface area contributed by atoms with Crippen molar-refractivity contribution in [3.8, 4) is 0 Å². The van der Waals surface area contributed by atoms with Crippen LogP contribution in [0.2, 0.25) is 0 Å². The maximum Gasteiger partial charge on any atom is 0.287 e. The standard InChI is InChI=1S/C15H18FNO4/c1-3-15(7-18,8-19)17-14(20)13-9(2)11-6-10(16)4-5-12(11)21-13/h4-6,18-19H,3,7-8H2,1-2H3,(H,17,20). The van der Waals surface area contributed by atoms with Crippen LogP contribution in [0.3, 0.4) is 0 Å². The van der Waals surface area contributed by atoms with Gasteiger partial charge in [0.05, 0.1) is 18.8 Å². The summed E-state index contributed by atoms with van der Waals surface area (Å²) in [5.41, 5.74) is -0.176. The molecule has 2 rings (SSSR count). The van der Waals surface area contributed by atoms with E-state index in [-0.39, 0.29) is 19.0 Å². The van der Waals surface area contributed by atoms with Gasteiger partial charge in [0.15, 0.2) is 5.76 Å². The molecule has 3 N–H and O–H groups in total. The molecule has 1 aromatic carbocycles. The van der Waals surface area contributed by atoms with Crippen molar-refractivity contribution in [2.75, 3.05) is 13.2 Å². The lowest BCUT2D eigenvalue weighted by atomic mass is 9.98. The summed E-state index contributed by atoms with van der Waals surface area (Å²) in [5, 5.41) is 21.8. The lowest BCUT2D eigenvalue weighted by Crippen LogP contribution is -2.53. The fraction of sp³-hybridized carbons (Fsp3) is 0.400. The number of rotatable bonds is 5. The van der Waals surface area contributed by atoms with Crippen LogP contribution >= 0.6 is 0 Å². The summed E-state index contributed by atoms with van der Waals surface area (Å²) in [4.78, 5) is 12.3. The summed E-state index contributed by atoms with van der Waals surface area (Å²) in [5.74, 6) is -0.906. The Labute approximate surface area is 121 Å². The van der Waals surface area contributed by atoms with E-state index in [0.717, 1.165) is 0 Å². The van der Waals surface area contributed by atoms with Crippen LogP contribution in [0.4, 0.5) is 4.39 Å². The topological polar surface area (TPSA) is 82.7 Å². The summed E-state index contributed by atoms with van der Waals surface area (Å²) in [6.07, 6.45) is 0.361. The fourth-order valence-electron chi connectivity index (χ4n) is 2.15. The van der Waals surface area contributed by atoms with E-state index in [2.05, 4.69) is 5.32 Å². The second kappa shape index (κ2) is 5.83. The summed E-state index contributed by atoms with van der Waals surface area (Å²) in [6, 6.07) is 4.01. The highest BCUT2D eigenvalue weighted by Gasteiger charge is 2.31. The lowest BCUT2D eigenvalue weighted by molar-refractivity contribution is 0.0633. The third-order valence-electron chi connectivity index (χ3n) is 3.77. The molecule has 0 aliphatic rings. The van der Waals surface area contributed by atoms with Crippen LogP contribution < -0.4 is 5.32 Å². The Balaban J connectivity index is 2.38. The Morgan fingerprint density at radius 2 is 2.05 bits per heavy atom. The lowest BCUT2D eigenvalue weighted by Gasteiger charge is -2.29. The third-order valence-corrected chi connectivity index (χ3v) is 3.77. The van der Waals surface area contributed by atoms with Crippen LogP contribution in [0.25, 0.3) is 11.0 Å². The van der Waals surface area contributed by atoms with Crippen molar-refractivity contribution in [1.82, 2.24) is 5.32 Å². The Hall–Kier alpha value is -1.92. The Morgan fingerprint density at radius 3 is 2.62 bits per heavy atom. The van der Waals surface area contributed by atoms with Gasteiger partial charge in [0.25, 0.3) is 5.91 Å². The number of halogens is 1. The number of nitrogens with one attached hydrogen (secondary N) is 1. The number of hydrogen-bond donors (Lipinski definition) is 3. The van der Waals surface area contributed by atoms with Crippen molar-refractivity contribution < 1.29 is 23.8 Å². The number of hydrogen-bond acceptors (Lipinski definition) is 4. The predicted molar refractivity (Wildman–Crippen MR) is 75.6 cm³/mol. The van der Waals surface area contributed by atoms with Crippen LogP contribution in [0.15, 0.2) is 22.6 Å². The van der Waals surface area contributed by atoms with Crippen molar-refractivity contribution in [2.45, 2.75) is 25.8 Å². The second-order valence-electron chi connectivity index (χ2n) is 5.10. The van der Waals surface area contributed by atoms with E-state index in [4.69, 9.17) is 4.42 Å². The average Bonchev–Trinajstić information content (AvgIpc) is 2.82. The number of benzene rings is 1. The number of amides is 1. The van der Waals surface area contributed by atoms with Gasteiger partial charge < -0.3 is 19.9 Å². The zero-order chi connectivity index (χ0) is 15.6. The van der Waals surface area contributed by atoms with Crippen LogP contribution in [-0.4, -0.2) is 34.9 Å².